The Bertz CT molecular complexity index is 746. The number of imidazole rings is 1. The molecule has 1 atom stereocenters. The number of rotatable bonds is 7. The number of morpholine rings is 1. The van der Waals surface area contributed by atoms with E-state index < -0.39 is 0 Å². The molecule has 0 saturated carbocycles. The first kappa shape index (κ1) is 22.9. The van der Waals surface area contributed by atoms with Gasteiger partial charge in [0.05, 0.1) is 30.6 Å². The number of fused-ring (bicyclic) bond motifs is 1. The van der Waals surface area contributed by atoms with Crippen molar-refractivity contribution in [1.29, 1.82) is 0 Å². The van der Waals surface area contributed by atoms with E-state index in [1.54, 1.807) is 7.05 Å². The van der Waals surface area contributed by atoms with Crippen molar-refractivity contribution in [2.75, 3.05) is 53.5 Å². The van der Waals surface area contributed by atoms with Crippen LogP contribution in [-0.4, -0.2) is 84.8 Å². The number of carbonyl (C=O) groups excluding carboxylic acids is 1. The Labute approximate surface area is 180 Å². The Morgan fingerprint density at radius 2 is 1.97 bits per heavy atom. The summed E-state index contributed by atoms with van der Waals surface area (Å²) in [5.41, 5.74) is 2.09. The van der Waals surface area contributed by atoms with E-state index in [0.29, 0.717) is 6.54 Å². The molecular weight excluding hydrogens is 380 g/mol. The summed E-state index contributed by atoms with van der Waals surface area (Å²) in [5.74, 6) is 1.02. The van der Waals surface area contributed by atoms with Crippen LogP contribution in [0.1, 0.15) is 38.0 Å². The van der Waals surface area contributed by atoms with E-state index in [4.69, 9.17) is 9.72 Å². The monoisotopic (exact) mass is 418 g/mol. The molecule has 8 nitrogen and oxygen atoms in total. The second kappa shape index (κ2) is 10.0. The third-order valence-corrected chi connectivity index (χ3v) is 5.89. The number of hydrogen-bond donors (Lipinski definition) is 2. The van der Waals surface area contributed by atoms with E-state index in [0.717, 1.165) is 64.0 Å². The second-order valence-corrected chi connectivity index (χ2v) is 9.36. The maximum Gasteiger partial charge on any atom is 0.237 e. The number of nitrogens with zero attached hydrogens (tertiary/aromatic N) is 4. The molecule has 2 aliphatic rings. The third-order valence-electron chi connectivity index (χ3n) is 5.89. The van der Waals surface area contributed by atoms with Crippen molar-refractivity contribution in [2.24, 2.45) is 5.41 Å². The molecule has 8 heteroatoms. The molecule has 30 heavy (non-hydrogen) atoms. The number of hydrogen-bond acceptors (Lipinski definition) is 6. The van der Waals surface area contributed by atoms with Crippen LogP contribution in [0.2, 0.25) is 0 Å². The highest BCUT2D eigenvalue weighted by atomic mass is 16.5. The van der Waals surface area contributed by atoms with Gasteiger partial charge in [0.1, 0.15) is 5.82 Å². The van der Waals surface area contributed by atoms with E-state index in [-0.39, 0.29) is 17.4 Å². The van der Waals surface area contributed by atoms with Crippen LogP contribution in [0.4, 0.5) is 0 Å². The number of aromatic nitrogens is 2. The van der Waals surface area contributed by atoms with Crippen molar-refractivity contribution in [1.82, 2.24) is 30.0 Å². The van der Waals surface area contributed by atoms with Gasteiger partial charge >= 0.3 is 0 Å². The first-order valence-corrected chi connectivity index (χ1v) is 11.0. The van der Waals surface area contributed by atoms with Crippen LogP contribution in [0.25, 0.3) is 6.08 Å². The fourth-order valence-electron chi connectivity index (χ4n) is 4.08. The lowest BCUT2D eigenvalue weighted by Gasteiger charge is -2.30. The highest BCUT2D eigenvalue weighted by molar-refractivity contribution is 5.82. The summed E-state index contributed by atoms with van der Waals surface area (Å²) in [6, 6.07) is -0.276. The SMILES string of the molecule is CNC(=O)[C@@H](NCc1nc(/C=C/CN2CCOCC2)n2c1CN(C)CC2)C(C)(C)C. The van der Waals surface area contributed by atoms with Crippen LogP contribution in [0.3, 0.4) is 0 Å². The van der Waals surface area contributed by atoms with Crippen LogP contribution in [0, 0.1) is 5.41 Å². The van der Waals surface area contributed by atoms with Crippen molar-refractivity contribution < 1.29 is 9.53 Å². The lowest BCUT2D eigenvalue weighted by molar-refractivity contribution is -0.125. The van der Waals surface area contributed by atoms with Gasteiger partial charge in [-0.15, -0.1) is 0 Å². The molecule has 1 amide bonds. The molecule has 3 heterocycles. The summed E-state index contributed by atoms with van der Waals surface area (Å²) in [7, 11) is 3.83. The highest BCUT2D eigenvalue weighted by Crippen LogP contribution is 2.23. The summed E-state index contributed by atoms with van der Waals surface area (Å²) in [6.07, 6.45) is 4.35. The normalized spacial score (nSPS) is 19.8. The van der Waals surface area contributed by atoms with Crippen LogP contribution in [-0.2, 0) is 29.2 Å². The molecule has 1 aromatic rings. The van der Waals surface area contributed by atoms with Gasteiger partial charge in [-0.2, -0.15) is 0 Å². The first-order valence-electron chi connectivity index (χ1n) is 11.0. The quantitative estimate of drug-likeness (QED) is 0.686. The molecule has 2 N–H and O–H groups in total. The predicted molar refractivity (Wildman–Crippen MR) is 119 cm³/mol. The van der Waals surface area contributed by atoms with E-state index in [2.05, 4.69) is 65.0 Å². The smallest absolute Gasteiger partial charge is 0.237 e. The standard InChI is InChI=1S/C22H38N6O2/c1-22(2,3)20(21(29)23-4)24-15-17-18-16-26(5)9-10-28(18)19(25-17)7-6-8-27-11-13-30-14-12-27/h6-7,20,24H,8-16H2,1-5H3,(H,23,29)/b7-6+/t20-/m1/s1. The summed E-state index contributed by atoms with van der Waals surface area (Å²) < 4.78 is 7.76. The second-order valence-electron chi connectivity index (χ2n) is 9.36. The van der Waals surface area contributed by atoms with Crippen molar-refractivity contribution >= 4 is 12.0 Å². The van der Waals surface area contributed by atoms with Crippen LogP contribution in [0.5, 0.6) is 0 Å². The van der Waals surface area contributed by atoms with Gasteiger partial charge < -0.3 is 14.6 Å². The molecule has 0 aromatic carbocycles. The average Bonchev–Trinajstić information content (AvgIpc) is 3.04. The average molecular weight is 419 g/mol. The molecule has 2 aliphatic heterocycles. The first-order chi connectivity index (χ1) is 14.3. The maximum absolute atomic E-state index is 12.4. The van der Waals surface area contributed by atoms with Gasteiger partial charge in [-0.3, -0.25) is 19.9 Å². The zero-order chi connectivity index (χ0) is 21.7. The Hall–Kier alpha value is -1.74. The fraction of sp³-hybridized carbons (Fsp3) is 0.727. The van der Waals surface area contributed by atoms with Gasteiger partial charge in [-0.25, -0.2) is 4.98 Å². The molecule has 0 unspecified atom stereocenters. The van der Waals surface area contributed by atoms with E-state index in [9.17, 15) is 4.79 Å². The Morgan fingerprint density at radius 3 is 2.63 bits per heavy atom. The zero-order valence-electron chi connectivity index (χ0n) is 19.2. The largest absolute Gasteiger partial charge is 0.379 e. The van der Waals surface area contributed by atoms with Crippen molar-refractivity contribution in [3.8, 4) is 0 Å². The molecule has 1 aromatic heterocycles. The summed E-state index contributed by atoms with van der Waals surface area (Å²) in [6.45, 7) is 14.2. The molecule has 0 bridgehead atoms. The van der Waals surface area contributed by atoms with Crippen LogP contribution in [0.15, 0.2) is 6.08 Å². The van der Waals surface area contributed by atoms with Gasteiger partial charge in [0.15, 0.2) is 0 Å². The number of likely N-dealkylation sites (N-methyl/N-ethyl adjacent to an activating group) is 2. The number of amides is 1. The Kier molecular flexibility index (Phi) is 7.68. The molecule has 1 fully saturated rings. The molecule has 3 rings (SSSR count). The van der Waals surface area contributed by atoms with Crippen molar-refractivity contribution in [2.45, 2.75) is 46.4 Å². The Balaban J connectivity index is 1.74. The van der Waals surface area contributed by atoms with Gasteiger partial charge in [0.25, 0.3) is 0 Å². The van der Waals surface area contributed by atoms with E-state index in [1.165, 1.54) is 5.69 Å². The predicted octanol–water partition coefficient (Wildman–Crippen LogP) is 0.924. The number of carbonyl (C=O) groups is 1. The fourth-order valence-corrected chi connectivity index (χ4v) is 4.08. The summed E-state index contributed by atoms with van der Waals surface area (Å²) in [4.78, 5) is 22.1. The molecule has 168 valence electrons. The highest BCUT2D eigenvalue weighted by Gasteiger charge is 2.31. The van der Waals surface area contributed by atoms with Crippen molar-refractivity contribution in [3.05, 3.63) is 23.3 Å². The molecule has 1 saturated heterocycles. The topological polar surface area (TPSA) is 74.7 Å². The number of nitrogens with one attached hydrogen (secondary N) is 2. The summed E-state index contributed by atoms with van der Waals surface area (Å²) >= 11 is 0. The van der Waals surface area contributed by atoms with Crippen LogP contribution < -0.4 is 10.6 Å². The number of ether oxygens (including phenoxy) is 1. The maximum atomic E-state index is 12.4. The van der Waals surface area contributed by atoms with E-state index >= 15 is 0 Å². The van der Waals surface area contributed by atoms with Gasteiger partial charge in [-0.1, -0.05) is 26.8 Å². The Morgan fingerprint density at radius 1 is 1.23 bits per heavy atom. The molecule has 0 spiro atoms. The minimum atomic E-state index is -0.276. The lowest BCUT2D eigenvalue weighted by atomic mass is 9.86. The third kappa shape index (κ3) is 5.69. The summed E-state index contributed by atoms with van der Waals surface area (Å²) in [5, 5.41) is 6.24. The van der Waals surface area contributed by atoms with Gasteiger partial charge in [0, 0.05) is 52.9 Å². The molecule has 0 aliphatic carbocycles. The van der Waals surface area contributed by atoms with Gasteiger partial charge in [0.2, 0.25) is 5.91 Å². The lowest BCUT2D eigenvalue weighted by Crippen LogP contribution is -2.50. The van der Waals surface area contributed by atoms with Gasteiger partial charge in [-0.05, 0) is 18.5 Å². The minimum absolute atomic E-state index is 0.0123. The van der Waals surface area contributed by atoms with Crippen molar-refractivity contribution in [3.63, 3.8) is 0 Å². The molecule has 0 radical (unpaired) electrons. The zero-order valence-corrected chi connectivity index (χ0v) is 19.2. The van der Waals surface area contributed by atoms with Crippen LogP contribution >= 0.6 is 0 Å². The molecular formula is C22H38N6O2. The minimum Gasteiger partial charge on any atom is -0.379 e. The van der Waals surface area contributed by atoms with E-state index in [1.807, 2.05) is 0 Å².